The summed E-state index contributed by atoms with van der Waals surface area (Å²) in [5.74, 6) is 0.554. The fraction of sp³-hybridized carbons (Fsp3) is 0.636. The zero-order chi connectivity index (χ0) is 11.8. The fourth-order valence-electron chi connectivity index (χ4n) is 1.45. The van der Waals surface area contributed by atoms with E-state index in [-0.39, 0.29) is 5.91 Å². The number of rotatable bonds is 7. The molecule has 0 radical (unpaired) electrons. The summed E-state index contributed by atoms with van der Waals surface area (Å²) in [5, 5.41) is 6.00. The molecule has 16 heavy (non-hydrogen) atoms. The van der Waals surface area contributed by atoms with Crippen molar-refractivity contribution in [3.63, 3.8) is 0 Å². The molecule has 5 nitrogen and oxygen atoms in total. The molecule has 0 aliphatic rings. The summed E-state index contributed by atoms with van der Waals surface area (Å²) in [6.45, 7) is 4.43. The summed E-state index contributed by atoms with van der Waals surface area (Å²) in [6, 6.07) is 0. The quantitative estimate of drug-likeness (QED) is 0.698. The highest BCUT2D eigenvalue weighted by Crippen LogP contribution is 1.93. The van der Waals surface area contributed by atoms with Crippen molar-refractivity contribution < 1.29 is 4.79 Å². The Morgan fingerprint density at radius 1 is 1.50 bits per heavy atom. The van der Waals surface area contributed by atoms with Gasteiger partial charge in [-0.15, -0.1) is 0 Å². The van der Waals surface area contributed by atoms with Crippen molar-refractivity contribution in [1.82, 2.24) is 20.2 Å². The minimum atomic E-state index is 0.0941. The molecule has 0 aliphatic heterocycles. The van der Waals surface area contributed by atoms with Crippen molar-refractivity contribution in [1.29, 1.82) is 0 Å². The van der Waals surface area contributed by atoms with Crippen molar-refractivity contribution in [2.75, 3.05) is 20.1 Å². The Morgan fingerprint density at radius 2 is 2.31 bits per heavy atom. The van der Waals surface area contributed by atoms with Crippen LogP contribution in [0.1, 0.15) is 13.3 Å². The summed E-state index contributed by atoms with van der Waals surface area (Å²) in [7, 11) is 1.91. The lowest BCUT2D eigenvalue weighted by Crippen LogP contribution is -2.32. The first kappa shape index (κ1) is 12.7. The number of nitrogens with one attached hydrogen (secondary N) is 2. The van der Waals surface area contributed by atoms with Crippen LogP contribution in [-0.2, 0) is 11.3 Å². The summed E-state index contributed by atoms with van der Waals surface area (Å²) in [6.07, 6.45) is 5.79. The first-order valence-corrected chi connectivity index (χ1v) is 5.59. The Labute approximate surface area is 96.3 Å². The van der Waals surface area contributed by atoms with E-state index < -0.39 is 0 Å². The molecule has 0 fully saturated rings. The molecule has 1 aromatic rings. The average molecular weight is 224 g/mol. The van der Waals surface area contributed by atoms with Crippen molar-refractivity contribution in [2.24, 2.45) is 5.92 Å². The Hall–Kier alpha value is -1.36. The SMILES string of the molecule is CNCC(C)CNC(=O)CCn1ccnc1. The highest BCUT2D eigenvalue weighted by Gasteiger charge is 2.04. The van der Waals surface area contributed by atoms with Crippen LogP contribution < -0.4 is 10.6 Å². The van der Waals surface area contributed by atoms with Crippen molar-refractivity contribution in [2.45, 2.75) is 19.9 Å². The van der Waals surface area contributed by atoms with Gasteiger partial charge in [0.25, 0.3) is 0 Å². The van der Waals surface area contributed by atoms with E-state index >= 15 is 0 Å². The molecule has 1 unspecified atom stereocenters. The highest BCUT2D eigenvalue weighted by molar-refractivity contribution is 5.75. The van der Waals surface area contributed by atoms with Gasteiger partial charge in [-0.1, -0.05) is 6.92 Å². The molecule has 1 atom stereocenters. The van der Waals surface area contributed by atoms with Gasteiger partial charge in [-0.3, -0.25) is 4.79 Å². The molecule has 0 aromatic carbocycles. The van der Waals surface area contributed by atoms with Crippen LogP contribution in [0.4, 0.5) is 0 Å². The third-order valence-corrected chi connectivity index (χ3v) is 2.36. The van der Waals surface area contributed by atoms with E-state index in [2.05, 4.69) is 22.5 Å². The van der Waals surface area contributed by atoms with E-state index in [1.54, 1.807) is 12.5 Å². The summed E-state index contributed by atoms with van der Waals surface area (Å²) in [5.41, 5.74) is 0. The van der Waals surface area contributed by atoms with Gasteiger partial charge >= 0.3 is 0 Å². The maximum atomic E-state index is 11.5. The number of imidazole rings is 1. The molecule has 0 bridgehead atoms. The Morgan fingerprint density at radius 3 is 2.94 bits per heavy atom. The lowest BCUT2D eigenvalue weighted by molar-refractivity contribution is -0.121. The molecule has 1 heterocycles. The van der Waals surface area contributed by atoms with Crippen LogP contribution in [0, 0.1) is 5.92 Å². The largest absolute Gasteiger partial charge is 0.356 e. The summed E-state index contributed by atoms with van der Waals surface area (Å²) in [4.78, 5) is 15.4. The van der Waals surface area contributed by atoms with Gasteiger partial charge in [-0.05, 0) is 19.5 Å². The predicted octanol–water partition coefficient (Wildman–Crippen LogP) is 0.245. The number of nitrogens with zero attached hydrogens (tertiary/aromatic N) is 2. The normalized spacial score (nSPS) is 12.4. The van der Waals surface area contributed by atoms with Crippen molar-refractivity contribution in [3.05, 3.63) is 18.7 Å². The summed E-state index contributed by atoms with van der Waals surface area (Å²) >= 11 is 0. The monoisotopic (exact) mass is 224 g/mol. The van der Waals surface area contributed by atoms with Crippen LogP contribution in [0.5, 0.6) is 0 Å². The first-order valence-electron chi connectivity index (χ1n) is 5.59. The highest BCUT2D eigenvalue weighted by atomic mass is 16.1. The van der Waals surface area contributed by atoms with E-state index in [4.69, 9.17) is 0 Å². The van der Waals surface area contributed by atoms with E-state index in [1.807, 2.05) is 17.8 Å². The van der Waals surface area contributed by atoms with Gasteiger partial charge in [0.15, 0.2) is 0 Å². The Bertz CT molecular complexity index is 297. The molecule has 1 rings (SSSR count). The number of hydrogen-bond donors (Lipinski definition) is 2. The number of aryl methyl sites for hydroxylation is 1. The Balaban J connectivity index is 2.11. The van der Waals surface area contributed by atoms with Gasteiger partial charge in [0, 0.05) is 31.9 Å². The van der Waals surface area contributed by atoms with E-state index in [9.17, 15) is 4.79 Å². The topological polar surface area (TPSA) is 58.9 Å². The lowest BCUT2D eigenvalue weighted by atomic mass is 10.2. The minimum absolute atomic E-state index is 0.0941. The molecule has 5 heteroatoms. The maximum absolute atomic E-state index is 11.5. The molecular formula is C11H20N4O. The van der Waals surface area contributed by atoms with Crippen LogP contribution in [0.15, 0.2) is 18.7 Å². The third-order valence-electron chi connectivity index (χ3n) is 2.36. The zero-order valence-corrected chi connectivity index (χ0v) is 9.94. The second-order valence-corrected chi connectivity index (χ2v) is 4.02. The maximum Gasteiger partial charge on any atom is 0.221 e. The van der Waals surface area contributed by atoms with Gasteiger partial charge in [-0.2, -0.15) is 0 Å². The lowest BCUT2D eigenvalue weighted by Gasteiger charge is -2.11. The molecule has 0 saturated heterocycles. The number of amides is 1. The van der Waals surface area contributed by atoms with Gasteiger partial charge in [0.2, 0.25) is 5.91 Å². The van der Waals surface area contributed by atoms with Crippen LogP contribution in [0.25, 0.3) is 0 Å². The van der Waals surface area contributed by atoms with Crippen LogP contribution in [0.3, 0.4) is 0 Å². The van der Waals surface area contributed by atoms with Gasteiger partial charge in [0.1, 0.15) is 0 Å². The molecular weight excluding hydrogens is 204 g/mol. The van der Waals surface area contributed by atoms with E-state index in [0.29, 0.717) is 18.9 Å². The molecule has 1 amide bonds. The van der Waals surface area contributed by atoms with Gasteiger partial charge in [-0.25, -0.2) is 4.98 Å². The molecule has 1 aromatic heterocycles. The van der Waals surface area contributed by atoms with Crippen LogP contribution in [-0.4, -0.2) is 35.6 Å². The van der Waals surface area contributed by atoms with Crippen LogP contribution in [0.2, 0.25) is 0 Å². The standard InChI is InChI=1S/C11H20N4O/c1-10(7-12-2)8-14-11(16)3-5-15-6-4-13-9-15/h4,6,9-10,12H,3,5,7-8H2,1-2H3,(H,14,16). The molecule has 2 N–H and O–H groups in total. The molecule has 0 spiro atoms. The number of carbonyl (C=O) groups excluding carboxylic acids is 1. The fourth-order valence-corrected chi connectivity index (χ4v) is 1.45. The minimum Gasteiger partial charge on any atom is -0.356 e. The third kappa shape index (κ3) is 4.93. The number of carbonyl (C=O) groups is 1. The first-order chi connectivity index (χ1) is 7.72. The molecule has 0 aliphatic carbocycles. The van der Waals surface area contributed by atoms with Crippen LogP contribution >= 0.6 is 0 Å². The second-order valence-electron chi connectivity index (χ2n) is 4.02. The average Bonchev–Trinajstić information content (AvgIpc) is 2.77. The van der Waals surface area contributed by atoms with E-state index in [1.165, 1.54) is 0 Å². The van der Waals surface area contributed by atoms with Crippen molar-refractivity contribution >= 4 is 5.91 Å². The molecule has 0 saturated carbocycles. The zero-order valence-electron chi connectivity index (χ0n) is 9.94. The number of aromatic nitrogens is 2. The van der Waals surface area contributed by atoms with E-state index in [0.717, 1.165) is 13.1 Å². The van der Waals surface area contributed by atoms with Crippen molar-refractivity contribution in [3.8, 4) is 0 Å². The number of hydrogen-bond acceptors (Lipinski definition) is 3. The Kier molecular flexibility index (Phi) is 5.56. The van der Waals surface area contributed by atoms with Gasteiger partial charge < -0.3 is 15.2 Å². The molecule has 90 valence electrons. The second kappa shape index (κ2) is 7.00. The smallest absolute Gasteiger partial charge is 0.221 e. The van der Waals surface area contributed by atoms with Gasteiger partial charge in [0.05, 0.1) is 6.33 Å². The summed E-state index contributed by atoms with van der Waals surface area (Å²) < 4.78 is 1.90. The predicted molar refractivity (Wildman–Crippen MR) is 62.9 cm³/mol.